The third kappa shape index (κ3) is 3.45. The number of benzene rings is 2. The van der Waals surface area contributed by atoms with Gasteiger partial charge in [0, 0.05) is 23.0 Å². The zero-order valence-electron chi connectivity index (χ0n) is 14.7. The summed E-state index contributed by atoms with van der Waals surface area (Å²) in [5, 5.41) is 1.81. The highest BCUT2D eigenvalue weighted by atomic mass is 35.5. The fourth-order valence-corrected chi connectivity index (χ4v) is 5.25. The molecule has 2 aliphatic heterocycles. The number of hydrogen-bond donors (Lipinski definition) is 0. The molecule has 0 aromatic heterocycles. The predicted molar refractivity (Wildman–Crippen MR) is 109 cm³/mol. The second-order valence-electron chi connectivity index (χ2n) is 7.39. The minimum absolute atomic E-state index is 0.396. The minimum atomic E-state index is 0.396. The Hall–Kier alpha value is -0.930. The molecule has 2 saturated heterocycles. The molecular weight excluding hydrogens is 389 g/mol. The maximum atomic E-state index is 6.31. The molecule has 2 aromatic carbocycles. The number of fused-ring (bicyclic) bond motifs is 2. The van der Waals surface area contributed by atoms with Crippen LogP contribution in [0.2, 0.25) is 15.1 Å². The first kappa shape index (κ1) is 18.4. The van der Waals surface area contributed by atoms with Crippen LogP contribution in [-0.2, 0) is 0 Å². The van der Waals surface area contributed by atoms with Gasteiger partial charge in [0.2, 0.25) is 0 Å². The van der Waals surface area contributed by atoms with Crippen molar-refractivity contribution in [2.75, 3.05) is 13.7 Å². The molecule has 4 rings (SSSR count). The highest BCUT2D eigenvalue weighted by molar-refractivity contribution is 6.42. The maximum absolute atomic E-state index is 6.31. The summed E-state index contributed by atoms with van der Waals surface area (Å²) in [5.41, 5.74) is 1.31. The van der Waals surface area contributed by atoms with Crippen molar-refractivity contribution in [3.63, 3.8) is 0 Å². The Morgan fingerprint density at radius 3 is 2.69 bits per heavy atom. The van der Waals surface area contributed by atoms with Crippen molar-refractivity contribution in [3.8, 4) is 5.75 Å². The van der Waals surface area contributed by atoms with Gasteiger partial charge in [0.05, 0.1) is 11.6 Å². The molecule has 0 radical (unpaired) electrons. The molecule has 0 N–H and O–H groups in total. The van der Waals surface area contributed by atoms with Gasteiger partial charge in [0.25, 0.3) is 0 Å². The summed E-state index contributed by atoms with van der Waals surface area (Å²) in [5.74, 6) is 1.50. The van der Waals surface area contributed by atoms with Gasteiger partial charge in [-0.2, -0.15) is 0 Å². The second-order valence-corrected chi connectivity index (χ2v) is 8.61. The number of hydrogen-bond acceptors (Lipinski definition) is 2. The largest absolute Gasteiger partial charge is 0.492 e. The van der Waals surface area contributed by atoms with E-state index in [1.54, 1.807) is 6.07 Å². The first-order chi connectivity index (χ1) is 12.5. The molecular formula is C21H22Cl3NO. The highest BCUT2D eigenvalue weighted by Crippen LogP contribution is 2.47. The Bertz CT molecular complexity index is 797. The molecule has 5 heteroatoms. The summed E-state index contributed by atoms with van der Waals surface area (Å²) in [4.78, 5) is 2.54. The lowest BCUT2D eigenvalue weighted by Gasteiger charge is -2.43. The molecule has 2 nitrogen and oxygen atoms in total. The molecule has 2 heterocycles. The fourth-order valence-electron chi connectivity index (χ4n) is 4.71. The Balaban J connectivity index is 1.60. The number of rotatable bonds is 4. The van der Waals surface area contributed by atoms with Gasteiger partial charge in [-0.1, -0.05) is 53.0 Å². The van der Waals surface area contributed by atoms with Crippen LogP contribution in [0.3, 0.4) is 0 Å². The lowest BCUT2D eigenvalue weighted by Crippen LogP contribution is -2.47. The molecule has 4 atom stereocenters. The first-order valence-electron chi connectivity index (χ1n) is 9.09. The number of nitrogens with zero attached hydrogens (tertiary/aromatic N) is 1. The van der Waals surface area contributed by atoms with E-state index in [-0.39, 0.29) is 0 Å². The number of halogens is 3. The van der Waals surface area contributed by atoms with Gasteiger partial charge in [-0.25, -0.2) is 0 Å². The quantitative estimate of drug-likeness (QED) is 0.587. The monoisotopic (exact) mass is 409 g/mol. The van der Waals surface area contributed by atoms with Crippen molar-refractivity contribution in [2.45, 2.75) is 37.3 Å². The van der Waals surface area contributed by atoms with Gasteiger partial charge in [-0.15, -0.1) is 0 Å². The van der Waals surface area contributed by atoms with Gasteiger partial charge < -0.3 is 9.64 Å². The Morgan fingerprint density at radius 1 is 1.08 bits per heavy atom. The van der Waals surface area contributed by atoms with Crippen LogP contribution in [0.4, 0.5) is 0 Å². The third-order valence-corrected chi connectivity index (χ3v) is 7.09. The second kappa shape index (κ2) is 7.59. The molecule has 0 amide bonds. The van der Waals surface area contributed by atoms with Gasteiger partial charge in [-0.05, 0) is 62.1 Å². The summed E-state index contributed by atoms with van der Waals surface area (Å²) in [6.07, 6.45) is 3.62. The molecule has 26 heavy (non-hydrogen) atoms. The van der Waals surface area contributed by atoms with E-state index in [9.17, 15) is 0 Å². The Labute approximate surface area is 170 Å². The molecule has 0 saturated carbocycles. The van der Waals surface area contributed by atoms with Crippen LogP contribution in [0.5, 0.6) is 5.75 Å². The van der Waals surface area contributed by atoms with Crippen LogP contribution in [0.15, 0.2) is 42.5 Å². The van der Waals surface area contributed by atoms with Crippen molar-refractivity contribution in [2.24, 2.45) is 5.92 Å². The predicted octanol–water partition coefficient (Wildman–Crippen LogP) is 6.29. The summed E-state index contributed by atoms with van der Waals surface area (Å²) in [7, 11) is 2.25. The topological polar surface area (TPSA) is 12.5 Å². The fraction of sp³-hybridized carbons (Fsp3) is 0.429. The van der Waals surface area contributed by atoms with Crippen LogP contribution in [-0.4, -0.2) is 30.6 Å². The summed E-state index contributed by atoms with van der Waals surface area (Å²) >= 11 is 18.7. The maximum Gasteiger partial charge on any atom is 0.139 e. The van der Waals surface area contributed by atoms with Crippen LogP contribution in [0, 0.1) is 5.92 Å². The highest BCUT2D eigenvalue weighted by Gasteiger charge is 2.46. The van der Waals surface area contributed by atoms with Gasteiger partial charge in [0.1, 0.15) is 10.8 Å². The first-order valence-corrected chi connectivity index (χ1v) is 10.2. The minimum Gasteiger partial charge on any atom is -0.492 e. The lowest BCUT2D eigenvalue weighted by atomic mass is 9.76. The van der Waals surface area contributed by atoms with Crippen molar-refractivity contribution in [3.05, 3.63) is 63.1 Å². The zero-order valence-corrected chi connectivity index (χ0v) is 16.9. The van der Waals surface area contributed by atoms with Crippen LogP contribution < -0.4 is 4.74 Å². The molecule has 138 valence electrons. The van der Waals surface area contributed by atoms with E-state index in [1.807, 2.05) is 24.3 Å². The summed E-state index contributed by atoms with van der Waals surface area (Å²) in [6, 6.07) is 15.0. The summed E-state index contributed by atoms with van der Waals surface area (Å²) < 4.78 is 6.16. The number of ether oxygens (including phenoxy) is 1. The average molecular weight is 411 g/mol. The number of piperidine rings is 1. The standard InChI is InChI=1S/C21H22Cl3NO/c1-25-15-8-9-19(25)17(12-26-20-7-3-6-18(23)21(20)24)16(11-15)13-4-2-5-14(22)10-13/h2-7,10,15-17,19H,8-9,11-12H2,1H3/t15?,16-,17-,19?/m1/s1. The normalized spacial score (nSPS) is 28.3. The van der Waals surface area contributed by atoms with Crippen molar-refractivity contribution in [1.82, 2.24) is 4.90 Å². The van der Waals surface area contributed by atoms with E-state index < -0.39 is 0 Å². The summed E-state index contributed by atoms with van der Waals surface area (Å²) in [6.45, 7) is 0.624. The molecule has 0 spiro atoms. The van der Waals surface area contributed by atoms with E-state index in [0.29, 0.717) is 46.3 Å². The average Bonchev–Trinajstić information content (AvgIpc) is 2.87. The van der Waals surface area contributed by atoms with E-state index in [2.05, 4.69) is 24.1 Å². The van der Waals surface area contributed by atoms with E-state index in [4.69, 9.17) is 39.5 Å². The van der Waals surface area contributed by atoms with Crippen molar-refractivity contribution < 1.29 is 4.74 Å². The van der Waals surface area contributed by atoms with E-state index in [0.717, 1.165) is 11.4 Å². The van der Waals surface area contributed by atoms with Crippen LogP contribution in [0.25, 0.3) is 0 Å². The van der Waals surface area contributed by atoms with Crippen LogP contribution >= 0.6 is 34.8 Å². The Kier molecular flexibility index (Phi) is 5.38. The van der Waals surface area contributed by atoms with Gasteiger partial charge in [0.15, 0.2) is 0 Å². The van der Waals surface area contributed by atoms with Gasteiger partial charge in [-0.3, -0.25) is 0 Å². The Morgan fingerprint density at radius 2 is 1.88 bits per heavy atom. The zero-order chi connectivity index (χ0) is 18.3. The molecule has 2 unspecified atom stereocenters. The SMILES string of the molecule is CN1C2CCC1[C@H](COc1cccc(Cl)c1Cl)[C@@H](c1cccc(Cl)c1)C2. The van der Waals surface area contributed by atoms with Gasteiger partial charge >= 0.3 is 0 Å². The van der Waals surface area contributed by atoms with Crippen molar-refractivity contribution in [1.29, 1.82) is 0 Å². The third-order valence-electron chi connectivity index (χ3n) is 6.06. The molecule has 0 aliphatic carbocycles. The molecule has 2 aliphatic rings. The molecule has 2 fully saturated rings. The van der Waals surface area contributed by atoms with Crippen LogP contribution in [0.1, 0.15) is 30.7 Å². The molecule has 2 aromatic rings. The molecule has 2 bridgehead atoms. The smallest absolute Gasteiger partial charge is 0.139 e. The lowest BCUT2D eigenvalue weighted by molar-refractivity contribution is 0.0666. The van der Waals surface area contributed by atoms with Crippen molar-refractivity contribution >= 4 is 34.8 Å². The van der Waals surface area contributed by atoms with E-state index >= 15 is 0 Å². The van der Waals surface area contributed by atoms with E-state index in [1.165, 1.54) is 18.4 Å².